The minimum absolute atomic E-state index is 0.0807. The van der Waals surface area contributed by atoms with Gasteiger partial charge in [-0.25, -0.2) is 14.4 Å². The summed E-state index contributed by atoms with van der Waals surface area (Å²) in [5.41, 5.74) is 2.14. The van der Waals surface area contributed by atoms with Crippen LogP contribution in [-0.2, 0) is 40.0 Å². The number of benzene rings is 2. The van der Waals surface area contributed by atoms with Crippen molar-refractivity contribution in [2.24, 2.45) is 0 Å². The third-order valence-electron chi connectivity index (χ3n) is 7.46. The Labute approximate surface area is 296 Å². The summed E-state index contributed by atoms with van der Waals surface area (Å²) in [5.74, 6) is -2.79. The fraction of sp³-hybridized carbons (Fsp3) is 0.469. The highest BCUT2D eigenvalue weighted by molar-refractivity contribution is 5.90. The van der Waals surface area contributed by atoms with Gasteiger partial charge in [-0.05, 0) is 36.6 Å². The van der Waals surface area contributed by atoms with Gasteiger partial charge in [0.25, 0.3) is 5.91 Å². The van der Waals surface area contributed by atoms with Crippen LogP contribution in [0.1, 0.15) is 44.1 Å². The number of nitro benzene ring substituents is 1. The minimum Gasteiger partial charge on any atom is -0.479 e. The van der Waals surface area contributed by atoms with Crippen molar-refractivity contribution in [1.82, 2.24) is 10.4 Å². The molecule has 0 saturated carbocycles. The van der Waals surface area contributed by atoms with Crippen LogP contribution in [0.25, 0.3) is 0 Å². The number of ether oxygens (including phenoxy) is 4. The predicted molar refractivity (Wildman–Crippen MR) is 174 cm³/mol. The van der Waals surface area contributed by atoms with E-state index >= 15 is 0 Å². The molecule has 20 nitrogen and oxygen atoms in total. The van der Waals surface area contributed by atoms with Crippen molar-refractivity contribution in [2.45, 2.75) is 75.8 Å². The number of anilines is 1. The number of para-hydroxylation sites is 1. The number of carbonyl (C=O) groups excluding carboxylic acids is 4. The Morgan fingerprint density at radius 2 is 1.58 bits per heavy atom. The smallest absolute Gasteiger partial charge is 0.479 e. The van der Waals surface area contributed by atoms with E-state index in [0.717, 1.165) is 29.1 Å². The van der Waals surface area contributed by atoms with E-state index in [0.29, 0.717) is 25.7 Å². The molecule has 1 aliphatic rings. The number of aliphatic carboxylic acids is 1. The normalized spacial score (nSPS) is 19.4. The molecule has 1 heterocycles. The maximum Gasteiger partial charge on any atom is 0.533 e. The highest BCUT2D eigenvalue weighted by atomic mass is 16.8. The van der Waals surface area contributed by atoms with E-state index in [1.807, 2.05) is 23.7 Å². The summed E-state index contributed by atoms with van der Waals surface area (Å²) in [6, 6.07) is 12.4. The average Bonchev–Trinajstić information content (AvgIpc) is 3.11. The van der Waals surface area contributed by atoms with Crippen LogP contribution in [0.4, 0.5) is 21.0 Å². The van der Waals surface area contributed by atoms with Gasteiger partial charge in [-0.2, -0.15) is 5.48 Å². The zero-order chi connectivity index (χ0) is 38.2. The lowest BCUT2D eigenvalue weighted by molar-refractivity contribution is -0.387. The molecule has 0 radical (unpaired) electrons. The second kappa shape index (κ2) is 20.3. The standard InChI is InChI=1S/C32H40N4O16/c1-35(15-16-48-32(45)52-34-24(38)12-8-3-2-7-11-23(37)33-20-9-5-4-6-10-20)31(44)49-18-19-13-14-22(21(17-19)36(46)47)50-30-27(41)25(39)26(40)28(51-30)29(42)43/h4-6,9-10,13-14,17,25-28,30,39-41H,2-3,7-8,11-12,15-16,18H2,1H3,(H,33,37)(H,34,38)(H,42,43)/t25-,26-,27+,28-,30+/m0/s1. The van der Waals surface area contributed by atoms with Gasteiger partial charge >= 0.3 is 23.9 Å². The first-order valence-corrected chi connectivity index (χ1v) is 16.0. The number of hydroxylamine groups is 1. The third kappa shape index (κ3) is 13.0. The lowest BCUT2D eigenvalue weighted by Crippen LogP contribution is -2.61. The molecule has 2 aromatic rings. The topological polar surface area (TPSA) is 283 Å². The SMILES string of the molecule is CN(CCOC(=O)ONC(=O)CCCCCCC(=O)Nc1ccccc1)C(=O)OCc1ccc(O[C@@H]2O[C@H](C(=O)O)[C@@H](O)[C@H](O)[C@H]2O)c([N+](=O)[O-])c1. The van der Waals surface area contributed by atoms with Crippen molar-refractivity contribution in [2.75, 3.05) is 25.5 Å². The summed E-state index contributed by atoms with van der Waals surface area (Å²) in [7, 11) is 1.32. The van der Waals surface area contributed by atoms with E-state index in [4.69, 9.17) is 18.9 Å². The van der Waals surface area contributed by atoms with Crippen molar-refractivity contribution < 1.29 is 73.1 Å². The number of carboxylic acid groups (broad SMARTS) is 1. The van der Waals surface area contributed by atoms with Gasteiger partial charge in [-0.1, -0.05) is 37.1 Å². The predicted octanol–water partition coefficient (Wildman–Crippen LogP) is 1.60. The third-order valence-corrected chi connectivity index (χ3v) is 7.46. The van der Waals surface area contributed by atoms with Gasteiger partial charge in [0.05, 0.1) is 11.5 Å². The van der Waals surface area contributed by atoms with Gasteiger partial charge in [0.2, 0.25) is 12.2 Å². The quantitative estimate of drug-likeness (QED) is 0.0582. The van der Waals surface area contributed by atoms with Gasteiger partial charge in [-0.3, -0.25) is 19.7 Å². The Morgan fingerprint density at radius 3 is 2.23 bits per heavy atom. The van der Waals surface area contributed by atoms with Gasteiger partial charge in [0.15, 0.2) is 11.9 Å². The van der Waals surface area contributed by atoms with Crippen LogP contribution in [0.15, 0.2) is 48.5 Å². The molecule has 52 heavy (non-hydrogen) atoms. The molecule has 284 valence electrons. The average molecular weight is 737 g/mol. The fourth-order valence-electron chi connectivity index (χ4n) is 4.63. The minimum atomic E-state index is -1.99. The zero-order valence-electron chi connectivity index (χ0n) is 28.0. The molecule has 5 atom stereocenters. The molecule has 3 amide bonds. The number of unbranched alkanes of at least 4 members (excludes halogenated alkanes) is 3. The number of nitrogens with zero attached hydrogens (tertiary/aromatic N) is 2. The second-order valence-electron chi connectivity index (χ2n) is 11.4. The van der Waals surface area contributed by atoms with E-state index in [9.17, 15) is 54.5 Å². The molecule has 2 aromatic carbocycles. The molecule has 6 N–H and O–H groups in total. The summed E-state index contributed by atoms with van der Waals surface area (Å²) in [4.78, 5) is 75.7. The number of aliphatic hydroxyl groups is 3. The molecule has 20 heteroatoms. The largest absolute Gasteiger partial charge is 0.533 e. The molecule has 0 bridgehead atoms. The molecular weight excluding hydrogens is 696 g/mol. The molecule has 1 saturated heterocycles. The van der Waals surface area contributed by atoms with Crippen LogP contribution in [0.3, 0.4) is 0 Å². The molecule has 0 spiro atoms. The lowest BCUT2D eigenvalue weighted by Gasteiger charge is -2.38. The van der Waals surface area contributed by atoms with E-state index in [-0.39, 0.29) is 31.0 Å². The molecule has 1 aliphatic heterocycles. The molecule has 3 rings (SSSR count). The van der Waals surface area contributed by atoms with Gasteiger partial charge in [-0.15, -0.1) is 0 Å². The number of nitrogens with one attached hydrogen (secondary N) is 2. The Bertz CT molecular complexity index is 1540. The number of aliphatic hydroxyl groups excluding tert-OH is 3. The monoisotopic (exact) mass is 736 g/mol. The maximum absolute atomic E-state index is 12.4. The van der Waals surface area contributed by atoms with Crippen LogP contribution in [0, 0.1) is 10.1 Å². The van der Waals surface area contributed by atoms with Crippen LogP contribution in [0.5, 0.6) is 5.75 Å². The summed E-state index contributed by atoms with van der Waals surface area (Å²) in [6.45, 7) is -0.934. The fourth-order valence-corrected chi connectivity index (χ4v) is 4.63. The lowest BCUT2D eigenvalue weighted by atomic mass is 9.99. The van der Waals surface area contributed by atoms with Crippen molar-refractivity contribution in [3.8, 4) is 5.75 Å². The highest BCUT2D eigenvalue weighted by Crippen LogP contribution is 2.32. The second-order valence-corrected chi connectivity index (χ2v) is 11.4. The Morgan fingerprint density at radius 1 is 0.904 bits per heavy atom. The van der Waals surface area contributed by atoms with E-state index in [2.05, 4.69) is 10.2 Å². The Hall–Kier alpha value is -5.57. The first kappa shape index (κ1) is 40.9. The van der Waals surface area contributed by atoms with Crippen molar-refractivity contribution in [3.63, 3.8) is 0 Å². The van der Waals surface area contributed by atoms with Gasteiger partial charge in [0.1, 0.15) is 31.5 Å². The molecule has 0 aliphatic carbocycles. The first-order valence-electron chi connectivity index (χ1n) is 16.0. The van der Waals surface area contributed by atoms with Crippen LogP contribution >= 0.6 is 0 Å². The van der Waals surface area contributed by atoms with E-state index in [1.54, 1.807) is 12.1 Å². The van der Waals surface area contributed by atoms with Crippen LogP contribution in [0.2, 0.25) is 0 Å². The number of rotatable bonds is 17. The number of nitro groups is 1. The molecule has 0 unspecified atom stereocenters. The molecular formula is C32H40N4O16. The van der Waals surface area contributed by atoms with Crippen molar-refractivity contribution in [1.29, 1.82) is 0 Å². The van der Waals surface area contributed by atoms with Gasteiger partial charge in [0, 0.05) is 31.6 Å². The first-order chi connectivity index (χ1) is 24.8. The Balaban J connectivity index is 1.31. The highest BCUT2D eigenvalue weighted by Gasteiger charge is 2.48. The number of carboxylic acids is 1. The van der Waals surface area contributed by atoms with Crippen molar-refractivity contribution in [3.05, 3.63) is 64.2 Å². The molecule has 0 aromatic heterocycles. The number of hydrogen-bond acceptors (Lipinski definition) is 15. The van der Waals surface area contributed by atoms with Crippen LogP contribution in [-0.4, -0.2) is 111 Å². The van der Waals surface area contributed by atoms with Gasteiger partial charge < -0.3 is 54.4 Å². The summed E-state index contributed by atoms with van der Waals surface area (Å²) in [6.07, 6.45) is -8.91. The molecule has 1 fully saturated rings. The summed E-state index contributed by atoms with van der Waals surface area (Å²) in [5, 5.41) is 53.5. The number of amides is 3. The number of hydrogen-bond donors (Lipinski definition) is 6. The van der Waals surface area contributed by atoms with Crippen molar-refractivity contribution >= 4 is 41.4 Å². The zero-order valence-corrected chi connectivity index (χ0v) is 28.0. The van der Waals surface area contributed by atoms with E-state index < -0.39 is 77.8 Å². The van der Waals surface area contributed by atoms with Crippen LogP contribution < -0.4 is 15.5 Å². The summed E-state index contributed by atoms with van der Waals surface area (Å²) < 4.78 is 20.2. The number of likely N-dealkylation sites (N-methyl/N-ethyl adjacent to an activating group) is 1. The summed E-state index contributed by atoms with van der Waals surface area (Å²) >= 11 is 0. The van der Waals surface area contributed by atoms with E-state index in [1.165, 1.54) is 13.1 Å². The Kier molecular flexibility index (Phi) is 16.0. The number of carbonyl (C=O) groups is 5. The maximum atomic E-state index is 12.4.